The summed E-state index contributed by atoms with van der Waals surface area (Å²) in [6.45, 7) is 7.79. The Labute approximate surface area is 148 Å². The molecule has 6 heteroatoms. The molecule has 0 aliphatic carbocycles. The second-order valence-corrected chi connectivity index (χ2v) is 6.45. The second kappa shape index (κ2) is 7.54. The fourth-order valence-electron chi connectivity index (χ4n) is 3.47. The molecule has 0 saturated carbocycles. The van der Waals surface area contributed by atoms with E-state index < -0.39 is 5.79 Å². The number of amides is 2. The highest BCUT2D eigenvalue weighted by atomic mass is 16.7. The van der Waals surface area contributed by atoms with Gasteiger partial charge >= 0.3 is 0 Å². The number of carbonyl (C=O) groups excluding carboxylic acids is 2. The van der Waals surface area contributed by atoms with E-state index in [0.29, 0.717) is 63.4 Å². The molecular weight excluding hydrogens is 320 g/mol. The Morgan fingerprint density at radius 2 is 1.52 bits per heavy atom. The summed E-state index contributed by atoms with van der Waals surface area (Å²) in [5, 5.41) is 0. The van der Waals surface area contributed by atoms with Crippen molar-refractivity contribution in [2.75, 3.05) is 39.4 Å². The predicted molar refractivity (Wildman–Crippen MR) is 93.5 cm³/mol. The summed E-state index contributed by atoms with van der Waals surface area (Å²) in [6.07, 6.45) is 1.41. The van der Waals surface area contributed by atoms with Crippen LogP contribution in [0.3, 0.4) is 0 Å². The van der Waals surface area contributed by atoms with Gasteiger partial charge in [-0.05, 0) is 38.1 Å². The van der Waals surface area contributed by atoms with Crippen molar-refractivity contribution < 1.29 is 19.1 Å². The van der Waals surface area contributed by atoms with E-state index in [2.05, 4.69) is 0 Å². The maximum Gasteiger partial charge on any atom is 0.253 e. The zero-order valence-electron chi connectivity index (χ0n) is 15.0. The van der Waals surface area contributed by atoms with Crippen LogP contribution in [0, 0.1) is 0 Å². The molecule has 3 rings (SSSR count). The Morgan fingerprint density at radius 3 is 2.04 bits per heavy atom. The molecule has 0 radical (unpaired) electrons. The molecule has 2 aliphatic rings. The van der Waals surface area contributed by atoms with Crippen LogP contribution in [0.2, 0.25) is 0 Å². The van der Waals surface area contributed by atoms with Gasteiger partial charge < -0.3 is 19.3 Å². The summed E-state index contributed by atoms with van der Waals surface area (Å²) in [5.41, 5.74) is 1.23. The van der Waals surface area contributed by atoms with Crippen LogP contribution in [0.25, 0.3) is 0 Å². The van der Waals surface area contributed by atoms with Crippen LogP contribution >= 0.6 is 0 Å². The highest BCUT2D eigenvalue weighted by Crippen LogP contribution is 2.31. The maximum atomic E-state index is 12.7. The molecule has 2 amide bonds. The minimum Gasteiger partial charge on any atom is -0.347 e. The van der Waals surface area contributed by atoms with Gasteiger partial charge in [0.25, 0.3) is 11.8 Å². The van der Waals surface area contributed by atoms with E-state index in [1.165, 1.54) is 0 Å². The van der Waals surface area contributed by atoms with E-state index in [1.54, 1.807) is 29.2 Å². The third kappa shape index (κ3) is 3.70. The topological polar surface area (TPSA) is 59.1 Å². The first-order chi connectivity index (χ1) is 12.1. The fraction of sp³-hybridized carbons (Fsp3) is 0.579. The van der Waals surface area contributed by atoms with Crippen molar-refractivity contribution in [2.45, 2.75) is 32.5 Å². The third-order valence-corrected chi connectivity index (χ3v) is 5.06. The minimum absolute atomic E-state index is 0.000515. The number of hydrogen-bond acceptors (Lipinski definition) is 4. The van der Waals surface area contributed by atoms with Gasteiger partial charge in [-0.1, -0.05) is 0 Å². The lowest BCUT2D eigenvalue weighted by Gasteiger charge is -2.37. The van der Waals surface area contributed by atoms with E-state index >= 15 is 0 Å². The number of carbonyl (C=O) groups is 2. The molecule has 0 bridgehead atoms. The first kappa shape index (κ1) is 17.9. The normalized spacial score (nSPS) is 19.2. The zero-order valence-corrected chi connectivity index (χ0v) is 15.0. The van der Waals surface area contributed by atoms with Crippen molar-refractivity contribution in [2.24, 2.45) is 0 Å². The fourth-order valence-corrected chi connectivity index (χ4v) is 3.47. The largest absolute Gasteiger partial charge is 0.347 e. The Bertz CT molecular complexity index is 609. The number of hydrogen-bond donors (Lipinski definition) is 0. The first-order valence-corrected chi connectivity index (χ1v) is 9.05. The molecule has 25 heavy (non-hydrogen) atoms. The molecule has 2 heterocycles. The van der Waals surface area contributed by atoms with Crippen LogP contribution in [0.4, 0.5) is 0 Å². The Balaban J connectivity index is 1.62. The van der Waals surface area contributed by atoms with Crippen LogP contribution in [0.5, 0.6) is 0 Å². The summed E-state index contributed by atoms with van der Waals surface area (Å²) >= 11 is 0. The summed E-state index contributed by atoms with van der Waals surface area (Å²) in [7, 11) is 0. The Kier molecular flexibility index (Phi) is 5.39. The highest BCUT2D eigenvalue weighted by Gasteiger charge is 2.40. The second-order valence-electron chi connectivity index (χ2n) is 6.45. The highest BCUT2D eigenvalue weighted by molar-refractivity contribution is 5.97. The number of rotatable bonds is 4. The van der Waals surface area contributed by atoms with Gasteiger partial charge in [-0.15, -0.1) is 0 Å². The minimum atomic E-state index is -0.475. The average Bonchev–Trinajstić information content (AvgIpc) is 3.11. The Morgan fingerprint density at radius 1 is 1.00 bits per heavy atom. The van der Waals surface area contributed by atoms with Crippen LogP contribution < -0.4 is 0 Å². The van der Waals surface area contributed by atoms with Crippen molar-refractivity contribution in [3.05, 3.63) is 35.4 Å². The molecule has 0 unspecified atom stereocenters. The zero-order chi connectivity index (χ0) is 17.9. The SMILES string of the molecule is CCN(CC)C(=O)c1ccc(C(=O)N2CCC3(CC2)OCCO3)cc1. The molecule has 2 aliphatic heterocycles. The van der Waals surface area contributed by atoms with Crippen LogP contribution in [-0.2, 0) is 9.47 Å². The number of likely N-dealkylation sites (tertiary alicyclic amines) is 1. The summed E-state index contributed by atoms with van der Waals surface area (Å²) < 4.78 is 11.4. The molecular formula is C19H26N2O4. The van der Waals surface area contributed by atoms with Crippen molar-refractivity contribution in [3.8, 4) is 0 Å². The molecule has 1 aromatic rings. The van der Waals surface area contributed by atoms with Crippen LogP contribution in [-0.4, -0.2) is 66.8 Å². The lowest BCUT2D eigenvalue weighted by molar-refractivity contribution is -0.181. The molecule has 0 N–H and O–H groups in total. The lowest BCUT2D eigenvalue weighted by atomic mass is 10.0. The van der Waals surface area contributed by atoms with E-state index in [1.807, 2.05) is 18.7 Å². The van der Waals surface area contributed by atoms with Gasteiger partial charge in [0.15, 0.2) is 5.79 Å². The molecule has 1 spiro atoms. The smallest absolute Gasteiger partial charge is 0.253 e. The van der Waals surface area contributed by atoms with Gasteiger partial charge in [-0.25, -0.2) is 0 Å². The van der Waals surface area contributed by atoms with Crippen molar-refractivity contribution in [3.63, 3.8) is 0 Å². The van der Waals surface area contributed by atoms with Gasteiger partial charge in [0, 0.05) is 50.1 Å². The molecule has 136 valence electrons. The number of nitrogens with zero attached hydrogens (tertiary/aromatic N) is 2. The Hall–Kier alpha value is -1.92. The molecule has 2 fully saturated rings. The number of ether oxygens (including phenoxy) is 2. The van der Waals surface area contributed by atoms with E-state index in [9.17, 15) is 9.59 Å². The van der Waals surface area contributed by atoms with Gasteiger partial charge in [-0.3, -0.25) is 9.59 Å². The number of piperidine rings is 1. The van der Waals surface area contributed by atoms with Crippen molar-refractivity contribution in [1.29, 1.82) is 0 Å². The van der Waals surface area contributed by atoms with Gasteiger partial charge in [0.05, 0.1) is 13.2 Å². The van der Waals surface area contributed by atoms with Gasteiger partial charge in [0.2, 0.25) is 0 Å². The molecule has 0 aromatic heterocycles. The maximum absolute atomic E-state index is 12.7. The number of benzene rings is 1. The van der Waals surface area contributed by atoms with E-state index in [0.717, 1.165) is 0 Å². The van der Waals surface area contributed by atoms with Crippen molar-refractivity contribution >= 4 is 11.8 Å². The standard InChI is InChI=1S/C19H26N2O4/c1-3-20(4-2)17(22)15-5-7-16(8-6-15)18(23)21-11-9-19(10-12-21)24-13-14-25-19/h5-8H,3-4,9-14H2,1-2H3. The predicted octanol–water partition coefficient (Wildman–Crippen LogP) is 2.15. The molecule has 2 saturated heterocycles. The average molecular weight is 346 g/mol. The van der Waals surface area contributed by atoms with E-state index in [4.69, 9.17) is 9.47 Å². The van der Waals surface area contributed by atoms with E-state index in [-0.39, 0.29) is 11.8 Å². The van der Waals surface area contributed by atoms with Crippen LogP contribution in [0.15, 0.2) is 24.3 Å². The monoisotopic (exact) mass is 346 g/mol. The van der Waals surface area contributed by atoms with Crippen LogP contribution in [0.1, 0.15) is 47.4 Å². The van der Waals surface area contributed by atoms with Gasteiger partial charge in [0.1, 0.15) is 0 Å². The third-order valence-electron chi connectivity index (χ3n) is 5.06. The van der Waals surface area contributed by atoms with Gasteiger partial charge in [-0.2, -0.15) is 0 Å². The lowest BCUT2D eigenvalue weighted by Crippen LogP contribution is -2.47. The summed E-state index contributed by atoms with van der Waals surface area (Å²) in [5.74, 6) is -0.481. The molecule has 6 nitrogen and oxygen atoms in total. The molecule has 1 aromatic carbocycles. The quantitative estimate of drug-likeness (QED) is 0.838. The summed E-state index contributed by atoms with van der Waals surface area (Å²) in [4.78, 5) is 28.6. The molecule has 0 atom stereocenters. The summed E-state index contributed by atoms with van der Waals surface area (Å²) in [6, 6.07) is 6.96. The van der Waals surface area contributed by atoms with Crippen molar-refractivity contribution in [1.82, 2.24) is 9.80 Å². The first-order valence-electron chi connectivity index (χ1n) is 9.05.